The molecule has 0 saturated carbocycles. The van der Waals surface area contributed by atoms with Crippen molar-refractivity contribution in [3.8, 4) is 0 Å². The molecular weight excluding hydrogens is 314 g/mol. The summed E-state index contributed by atoms with van der Waals surface area (Å²) in [6.45, 7) is 2.34. The van der Waals surface area contributed by atoms with Crippen LogP contribution in [0.3, 0.4) is 0 Å². The highest BCUT2D eigenvalue weighted by Crippen LogP contribution is 2.18. The highest BCUT2D eigenvalue weighted by atomic mass is 16.1. The number of carbonyl (C=O) groups is 1. The molecule has 3 aromatic rings. The Kier molecular flexibility index (Phi) is 4.24. The Balaban J connectivity index is 1.49. The lowest BCUT2D eigenvalue weighted by Gasteiger charge is -2.16. The van der Waals surface area contributed by atoms with E-state index in [4.69, 9.17) is 0 Å². The van der Waals surface area contributed by atoms with Gasteiger partial charge in [0.2, 0.25) is 0 Å². The Hall–Kier alpha value is -3.02. The van der Waals surface area contributed by atoms with Crippen molar-refractivity contribution in [1.82, 2.24) is 20.3 Å². The van der Waals surface area contributed by atoms with E-state index in [1.54, 1.807) is 12.4 Å². The number of hydrogen-bond donors (Lipinski definition) is 1. The van der Waals surface area contributed by atoms with Crippen LogP contribution in [0.25, 0.3) is 10.8 Å². The molecule has 0 aliphatic carbocycles. The van der Waals surface area contributed by atoms with Crippen LogP contribution >= 0.6 is 0 Å². The maximum absolute atomic E-state index is 12.5. The third kappa shape index (κ3) is 3.28. The molecule has 1 saturated heterocycles. The molecule has 1 amide bonds. The van der Waals surface area contributed by atoms with Crippen LogP contribution in [0, 0.1) is 0 Å². The van der Waals surface area contributed by atoms with Crippen LogP contribution in [0.15, 0.2) is 48.8 Å². The molecule has 6 heteroatoms. The molecule has 0 unspecified atom stereocenters. The van der Waals surface area contributed by atoms with Gasteiger partial charge in [0.15, 0.2) is 0 Å². The smallest absolute Gasteiger partial charge is 0.270 e. The number of aromatic nitrogens is 3. The van der Waals surface area contributed by atoms with E-state index in [1.165, 1.54) is 12.8 Å². The predicted octanol–water partition coefficient (Wildman–Crippen LogP) is 2.56. The zero-order valence-corrected chi connectivity index (χ0v) is 13.9. The summed E-state index contributed by atoms with van der Waals surface area (Å²) in [5.41, 5.74) is 0.425. The zero-order valence-electron chi connectivity index (χ0n) is 13.9. The normalized spacial score (nSPS) is 14.0. The lowest BCUT2D eigenvalue weighted by molar-refractivity contribution is 0.0946. The fourth-order valence-corrected chi connectivity index (χ4v) is 3.14. The quantitative estimate of drug-likeness (QED) is 0.794. The van der Waals surface area contributed by atoms with Crippen molar-refractivity contribution in [3.05, 3.63) is 60.3 Å². The number of hydrogen-bond acceptors (Lipinski definition) is 5. The molecule has 6 nitrogen and oxygen atoms in total. The number of fused-ring (bicyclic) bond motifs is 1. The van der Waals surface area contributed by atoms with Crippen molar-refractivity contribution in [1.29, 1.82) is 0 Å². The molecule has 126 valence electrons. The molecular formula is C19H19N5O. The fourth-order valence-electron chi connectivity index (χ4n) is 3.14. The number of benzene rings is 1. The average molecular weight is 333 g/mol. The highest BCUT2D eigenvalue weighted by Gasteiger charge is 2.15. The van der Waals surface area contributed by atoms with Crippen molar-refractivity contribution in [2.45, 2.75) is 19.4 Å². The summed E-state index contributed by atoms with van der Waals surface area (Å²) in [5, 5.41) is 4.72. The molecule has 25 heavy (non-hydrogen) atoms. The van der Waals surface area contributed by atoms with E-state index in [1.807, 2.05) is 36.4 Å². The third-order valence-electron chi connectivity index (χ3n) is 4.42. The molecule has 1 N–H and O–H groups in total. The van der Waals surface area contributed by atoms with E-state index in [2.05, 4.69) is 25.2 Å². The van der Waals surface area contributed by atoms with Crippen molar-refractivity contribution < 1.29 is 4.79 Å². The third-order valence-corrected chi connectivity index (χ3v) is 4.42. The van der Waals surface area contributed by atoms with Crippen LogP contribution in [-0.4, -0.2) is 33.9 Å². The van der Waals surface area contributed by atoms with Gasteiger partial charge in [0.25, 0.3) is 5.91 Å². The Morgan fingerprint density at radius 1 is 1.04 bits per heavy atom. The van der Waals surface area contributed by atoms with Crippen molar-refractivity contribution in [2.75, 3.05) is 18.0 Å². The summed E-state index contributed by atoms with van der Waals surface area (Å²) in [6.07, 6.45) is 5.80. The SMILES string of the molecule is O=C(NCc1nccc(N2CCCC2)n1)c1nccc2ccccc12. The first-order valence-corrected chi connectivity index (χ1v) is 8.50. The number of nitrogens with zero attached hydrogens (tertiary/aromatic N) is 4. The molecule has 1 fully saturated rings. The van der Waals surface area contributed by atoms with Gasteiger partial charge in [-0.25, -0.2) is 9.97 Å². The molecule has 0 radical (unpaired) electrons. The summed E-state index contributed by atoms with van der Waals surface area (Å²) >= 11 is 0. The van der Waals surface area contributed by atoms with Gasteiger partial charge in [0.05, 0.1) is 6.54 Å². The maximum Gasteiger partial charge on any atom is 0.270 e. The maximum atomic E-state index is 12.5. The van der Waals surface area contributed by atoms with E-state index < -0.39 is 0 Å². The van der Waals surface area contributed by atoms with Crippen molar-refractivity contribution in [3.63, 3.8) is 0 Å². The summed E-state index contributed by atoms with van der Waals surface area (Å²) in [5.74, 6) is 1.32. The lowest BCUT2D eigenvalue weighted by atomic mass is 10.1. The van der Waals surface area contributed by atoms with Crippen molar-refractivity contribution in [2.24, 2.45) is 0 Å². The van der Waals surface area contributed by atoms with Gasteiger partial charge in [-0.1, -0.05) is 24.3 Å². The highest BCUT2D eigenvalue weighted by molar-refractivity contribution is 6.05. The molecule has 3 heterocycles. The summed E-state index contributed by atoms with van der Waals surface area (Å²) < 4.78 is 0. The average Bonchev–Trinajstić information content (AvgIpc) is 3.21. The van der Waals surface area contributed by atoms with Gasteiger partial charge in [-0.3, -0.25) is 9.78 Å². The predicted molar refractivity (Wildman–Crippen MR) is 96.4 cm³/mol. The van der Waals surface area contributed by atoms with E-state index in [9.17, 15) is 4.79 Å². The largest absolute Gasteiger partial charge is 0.357 e. The first-order chi connectivity index (χ1) is 12.3. The lowest BCUT2D eigenvalue weighted by Crippen LogP contribution is -2.26. The topological polar surface area (TPSA) is 71.0 Å². The first-order valence-electron chi connectivity index (χ1n) is 8.50. The Morgan fingerprint density at radius 2 is 1.84 bits per heavy atom. The fraction of sp³-hybridized carbons (Fsp3) is 0.263. The van der Waals surface area contributed by atoms with Crippen molar-refractivity contribution >= 4 is 22.5 Å². The van der Waals surface area contributed by atoms with Crippen LogP contribution in [0.2, 0.25) is 0 Å². The van der Waals surface area contributed by atoms with Crippen LogP contribution in [0.5, 0.6) is 0 Å². The summed E-state index contributed by atoms with van der Waals surface area (Å²) in [6, 6.07) is 11.5. The van der Waals surface area contributed by atoms with Gasteiger partial charge < -0.3 is 10.2 Å². The van der Waals surface area contributed by atoms with E-state index >= 15 is 0 Å². The van der Waals surface area contributed by atoms with Gasteiger partial charge in [0.1, 0.15) is 17.3 Å². The number of nitrogens with one attached hydrogen (secondary N) is 1. The molecule has 1 aromatic carbocycles. The minimum absolute atomic E-state index is 0.216. The monoisotopic (exact) mass is 333 g/mol. The molecule has 1 aliphatic heterocycles. The number of amides is 1. The Morgan fingerprint density at radius 3 is 2.72 bits per heavy atom. The minimum Gasteiger partial charge on any atom is -0.357 e. The van der Waals surface area contributed by atoms with Gasteiger partial charge >= 0.3 is 0 Å². The van der Waals surface area contributed by atoms with Crippen LogP contribution < -0.4 is 10.2 Å². The van der Waals surface area contributed by atoms with Gasteiger partial charge in [-0.05, 0) is 30.4 Å². The molecule has 0 spiro atoms. The van der Waals surface area contributed by atoms with Gasteiger partial charge in [-0.15, -0.1) is 0 Å². The molecule has 0 atom stereocenters. The molecule has 4 rings (SSSR count). The zero-order chi connectivity index (χ0) is 17.1. The van der Waals surface area contributed by atoms with Crippen LogP contribution in [0.4, 0.5) is 5.82 Å². The Bertz CT molecular complexity index is 900. The number of anilines is 1. The van der Waals surface area contributed by atoms with E-state index in [-0.39, 0.29) is 12.5 Å². The minimum atomic E-state index is -0.216. The second-order valence-corrected chi connectivity index (χ2v) is 6.09. The van der Waals surface area contributed by atoms with E-state index in [0.717, 1.165) is 29.7 Å². The van der Waals surface area contributed by atoms with Gasteiger partial charge in [0, 0.05) is 30.9 Å². The number of rotatable bonds is 4. The molecule has 1 aliphatic rings. The molecule has 2 aromatic heterocycles. The number of carbonyl (C=O) groups excluding carboxylic acids is 1. The second-order valence-electron chi connectivity index (χ2n) is 6.09. The van der Waals surface area contributed by atoms with Crippen LogP contribution in [0.1, 0.15) is 29.2 Å². The Labute approximate surface area is 145 Å². The standard InChI is InChI=1S/C19H19N5O/c25-19(18-15-6-2-1-5-14(15)7-9-21-18)22-13-16-20-10-8-17(23-16)24-11-3-4-12-24/h1-2,5-10H,3-4,11-13H2,(H,22,25). The first kappa shape index (κ1) is 15.5. The summed E-state index contributed by atoms with van der Waals surface area (Å²) in [7, 11) is 0. The summed E-state index contributed by atoms with van der Waals surface area (Å²) in [4.78, 5) is 27.8. The molecule has 0 bridgehead atoms. The number of pyridine rings is 1. The second kappa shape index (κ2) is 6.84. The van der Waals surface area contributed by atoms with Crippen LogP contribution in [-0.2, 0) is 6.54 Å². The van der Waals surface area contributed by atoms with Gasteiger partial charge in [-0.2, -0.15) is 0 Å². The van der Waals surface area contributed by atoms with E-state index in [0.29, 0.717) is 11.5 Å².